The monoisotopic (exact) mass is 471 g/mol. The Balaban J connectivity index is 1.74. The predicted molar refractivity (Wildman–Crippen MR) is 133 cm³/mol. The summed E-state index contributed by atoms with van der Waals surface area (Å²) in [6, 6.07) is 15.6. The van der Waals surface area contributed by atoms with Gasteiger partial charge in [-0.25, -0.2) is 0 Å². The zero-order valence-corrected chi connectivity index (χ0v) is 20.7. The Bertz CT molecular complexity index is 1030. The van der Waals surface area contributed by atoms with Gasteiger partial charge in [-0.15, -0.1) is 10.2 Å². The molecule has 6 nitrogen and oxygen atoms in total. The molecule has 0 bridgehead atoms. The SMILES string of the molecule is CC[C@H](C)c1ccc(NC(=O)CSc2nnc([C@H](C)N(C)C)n2-c2ccc(Cl)cc2)cc1. The molecule has 0 aliphatic heterocycles. The van der Waals surface area contributed by atoms with Crippen molar-refractivity contribution in [3.63, 3.8) is 0 Å². The molecule has 2 aromatic carbocycles. The van der Waals surface area contributed by atoms with Gasteiger partial charge in [0.1, 0.15) is 0 Å². The molecule has 0 aliphatic rings. The molecule has 0 saturated carbocycles. The van der Waals surface area contributed by atoms with Crippen LogP contribution in [0.25, 0.3) is 5.69 Å². The molecule has 1 amide bonds. The number of hydrogen-bond acceptors (Lipinski definition) is 5. The van der Waals surface area contributed by atoms with Crippen LogP contribution in [0.5, 0.6) is 0 Å². The van der Waals surface area contributed by atoms with Gasteiger partial charge in [0.05, 0.1) is 11.8 Å². The van der Waals surface area contributed by atoms with E-state index in [1.807, 2.05) is 55.1 Å². The molecule has 0 unspecified atom stereocenters. The van der Waals surface area contributed by atoms with Gasteiger partial charge in [-0.1, -0.05) is 49.3 Å². The Morgan fingerprint density at radius 3 is 2.34 bits per heavy atom. The summed E-state index contributed by atoms with van der Waals surface area (Å²) >= 11 is 7.43. The van der Waals surface area contributed by atoms with Crippen LogP contribution in [0.15, 0.2) is 53.7 Å². The van der Waals surface area contributed by atoms with Crippen LogP contribution in [-0.4, -0.2) is 45.4 Å². The summed E-state index contributed by atoms with van der Waals surface area (Å²) in [5.41, 5.74) is 2.98. The summed E-state index contributed by atoms with van der Waals surface area (Å²) in [5.74, 6) is 1.46. The molecule has 0 fully saturated rings. The first kappa shape index (κ1) is 24.3. The molecule has 1 N–H and O–H groups in total. The van der Waals surface area contributed by atoms with E-state index in [2.05, 4.69) is 53.3 Å². The summed E-state index contributed by atoms with van der Waals surface area (Å²) in [7, 11) is 4.00. The van der Waals surface area contributed by atoms with Crippen molar-refractivity contribution in [2.45, 2.75) is 44.3 Å². The Morgan fingerprint density at radius 2 is 1.75 bits per heavy atom. The van der Waals surface area contributed by atoms with E-state index in [4.69, 9.17) is 11.6 Å². The van der Waals surface area contributed by atoms with Gasteiger partial charge in [0, 0.05) is 16.4 Å². The van der Waals surface area contributed by atoms with Crippen LogP contribution in [0, 0.1) is 0 Å². The van der Waals surface area contributed by atoms with Gasteiger partial charge < -0.3 is 5.32 Å². The maximum absolute atomic E-state index is 12.6. The highest BCUT2D eigenvalue weighted by molar-refractivity contribution is 7.99. The summed E-state index contributed by atoms with van der Waals surface area (Å²) in [6.07, 6.45) is 1.09. The minimum absolute atomic E-state index is 0.0466. The summed E-state index contributed by atoms with van der Waals surface area (Å²) in [4.78, 5) is 14.7. The number of carbonyl (C=O) groups excluding carboxylic acids is 1. The van der Waals surface area contributed by atoms with E-state index in [0.29, 0.717) is 16.1 Å². The Labute approximate surface area is 199 Å². The van der Waals surface area contributed by atoms with Gasteiger partial charge in [0.15, 0.2) is 11.0 Å². The van der Waals surface area contributed by atoms with Crippen molar-refractivity contribution in [3.8, 4) is 5.69 Å². The smallest absolute Gasteiger partial charge is 0.234 e. The molecular formula is C24H30ClN5OS. The molecular weight excluding hydrogens is 442 g/mol. The van der Waals surface area contributed by atoms with Crippen LogP contribution in [0.2, 0.25) is 5.02 Å². The molecule has 3 aromatic rings. The molecule has 0 radical (unpaired) electrons. The van der Waals surface area contributed by atoms with Crippen LogP contribution < -0.4 is 5.32 Å². The van der Waals surface area contributed by atoms with Crippen molar-refractivity contribution in [1.82, 2.24) is 19.7 Å². The average molecular weight is 472 g/mol. The number of aromatic nitrogens is 3. The molecule has 0 aliphatic carbocycles. The van der Waals surface area contributed by atoms with E-state index in [-0.39, 0.29) is 17.7 Å². The number of benzene rings is 2. The van der Waals surface area contributed by atoms with E-state index in [1.165, 1.54) is 17.3 Å². The zero-order chi connectivity index (χ0) is 23.3. The first-order valence-electron chi connectivity index (χ1n) is 10.7. The topological polar surface area (TPSA) is 63.1 Å². The Hall–Kier alpha value is -2.35. The minimum Gasteiger partial charge on any atom is -0.325 e. The maximum atomic E-state index is 12.6. The van der Waals surface area contributed by atoms with Crippen LogP contribution in [0.3, 0.4) is 0 Å². The molecule has 3 rings (SSSR count). The number of carbonyl (C=O) groups is 1. The fraction of sp³-hybridized carbons (Fsp3) is 0.375. The second-order valence-electron chi connectivity index (χ2n) is 8.06. The summed E-state index contributed by atoms with van der Waals surface area (Å²) < 4.78 is 1.99. The molecule has 1 heterocycles. The molecule has 8 heteroatoms. The second kappa shape index (κ2) is 11.0. The maximum Gasteiger partial charge on any atom is 0.234 e. The molecule has 170 valence electrons. The van der Waals surface area contributed by atoms with Crippen LogP contribution in [0.1, 0.15) is 50.5 Å². The highest BCUT2D eigenvalue weighted by Crippen LogP contribution is 2.28. The van der Waals surface area contributed by atoms with Crippen molar-refractivity contribution < 1.29 is 4.79 Å². The van der Waals surface area contributed by atoms with E-state index in [0.717, 1.165) is 23.6 Å². The number of halogens is 1. The zero-order valence-electron chi connectivity index (χ0n) is 19.2. The average Bonchev–Trinajstić information content (AvgIpc) is 3.21. The van der Waals surface area contributed by atoms with Gasteiger partial charge in [-0.05, 0) is 75.3 Å². The van der Waals surface area contributed by atoms with Crippen molar-refractivity contribution >= 4 is 35.0 Å². The second-order valence-corrected chi connectivity index (χ2v) is 9.44. The normalized spacial score (nSPS) is 13.2. The third-order valence-electron chi connectivity index (χ3n) is 5.60. The highest BCUT2D eigenvalue weighted by atomic mass is 35.5. The van der Waals surface area contributed by atoms with E-state index < -0.39 is 0 Å². The summed E-state index contributed by atoms with van der Waals surface area (Å²) in [6.45, 7) is 6.44. The first-order chi connectivity index (χ1) is 15.3. The van der Waals surface area contributed by atoms with Gasteiger partial charge in [0.2, 0.25) is 5.91 Å². The fourth-order valence-corrected chi connectivity index (χ4v) is 4.05. The highest BCUT2D eigenvalue weighted by Gasteiger charge is 2.21. The van der Waals surface area contributed by atoms with Crippen LogP contribution in [0.4, 0.5) is 5.69 Å². The third-order valence-corrected chi connectivity index (χ3v) is 6.78. The van der Waals surface area contributed by atoms with Gasteiger partial charge in [-0.3, -0.25) is 14.3 Å². The molecule has 32 heavy (non-hydrogen) atoms. The van der Waals surface area contributed by atoms with E-state index in [1.54, 1.807) is 0 Å². The lowest BCUT2D eigenvalue weighted by Gasteiger charge is -2.20. The summed E-state index contributed by atoms with van der Waals surface area (Å²) in [5, 5.41) is 13.1. The Morgan fingerprint density at radius 1 is 1.09 bits per heavy atom. The van der Waals surface area contributed by atoms with Crippen LogP contribution in [-0.2, 0) is 4.79 Å². The lowest BCUT2D eigenvalue weighted by atomic mass is 9.99. The minimum atomic E-state index is -0.0841. The third kappa shape index (κ3) is 5.91. The van der Waals surface area contributed by atoms with Gasteiger partial charge in [-0.2, -0.15) is 0 Å². The predicted octanol–water partition coefficient (Wildman–Crippen LogP) is 5.79. The number of anilines is 1. The first-order valence-corrected chi connectivity index (χ1v) is 12.1. The van der Waals surface area contributed by atoms with Crippen molar-refractivity contribution in [2.75, 3.05) is 25.2 Å². The van der Waals surface area contributed by atoms with E-state index in [9.17, 15) is 4.79 Å². The number of rotatable bonds is 9. The lowest BCUT2D eigenvalue weighted by molar-refractivity contribution is -0.113. The van der Waals surface area contributed by atoms with Crippen molar-refractivity contribution in [2.24, 2.45) is 0 Å². The fourth-order valence-electron chi connectivity index (χ4n) is 3.17. The largest absolute Gasteiger partial charge is 0.325 e. The standard InChI is InChI=1S/C24H30ClN5OS/c1-6-16(2)18-7-11-20(12-8-18)26-22(31)15-32-24-28-27-23(17(3)29(4)5)30(24)21-13-9-19(25)10-14-21/h7-14,16-17H,6,15H2,1-5H3,(H,26,31)/t16-,17-/m0/s1. The molecule has 0 spiro atoms. The Kier molecular flexibility index (Phi) is 8.34. The number of amides is 1. The number of thioether (sulfide) groups is 1. The van der Waals surface area contributed by atoms with Crippen molar-refractivity contribution in [1.29, 1.82) is 0 Å². The van der Waals surface area contributed by atoms with Crippen LogP contribution >= 0.6 is 23.4 Å². The number of nitrogens with zero attached hydrogens (tertiary/aromatic N) is 4. The van der Waals surface area contributed by atoms with Gasteiger partial charge >= 0.3 is 0 Å². The molecule has 0 saturated heterocycles. The van der Waals surface area contributed by atoms with Gasteiger partial charge in [0.25, 0.3) is 0 Å². The molecule has 2 atom stereocenters. The number of nitrogens with one attached hydrogen (secondary N) is 1. The molecule has 1 aromatic heterocycles. The van der Waals surface area contributed by atoms with E-state index >= 15 is 0 Å². The quantitative estimate of drug-likeness (QED) is 0.400. The number of hydrogen-bond donors (Lipinski definition) is 1. The van der Waals surface area contributed by atoms with Crippen molar-refractivity contribution in [3.05, 3.63) is 64.9 Å². The lowest BCUT2D eigenvalue weighted by Crippen LogP contribution is -2.21.